The molecule has 5 heteroatoms. The zero-order valence-corrected chi connectivity index (χ0v) is 11.8. The molecule has 21 heavy (non-hydrogen) atoms. The lowest BCUT2D eigenvalue weighted by Crippen LogP contribution is -2.01. The molecule has 0 saturated heterocycles. The Kier molecular flexibility index (Phi) is 5.04. The molecule has 0 bridgehead atoms. The van der Waals surface area contributed by atoms with E-state index in [0.717, 1.165) is 18.6 Å². The fourth-order valence-electron chi connectivity index (χ4n) is 1.91. The van der Waals surface area contributed by atoms with E-state index in [9.17, 15) is 10.1 Å². The highest BCUT2D eigenvalue weighted by molar-refractivity contribution is 5.83. The summed E-state index contributed by atoms with van der Waals surface area (Å²) in [5.41, 5.74) is 5.35. The maximum absolute atomic E-state index is 10.9. The van der Waals surface area contributed by atoms with Crippen LogP contribution in [0.4, 0.5) is 11.4 Å². The van der Waals surface area contributed by atoms with Crippen molar-refractivity contribution in [1.82, 2.24) is 0 Å². The van der Waals surface area contributed by atoms with Crippen LogP contribution in [0, 0.1) is 10.1 Å². The molecule has 0 fully saturated rings. The van der Waals surface area contributed by atoms with E-state index in [-0.39, 0.29) is 5.69 Å². The lowest BCUT2D eigenvalue weighted by Gasteiger charge is -2.04. The van der Waals surface area contributed by atoms with E-state index in [1.165, 1.54) is 11.6 Å². The van der Waals surface area contributed by atoms with Gasteiger partial charge in [-0.1, -0.05) is 42.5 Å². The minimum atomic E-state index is -0.419. The number of para-hydroxylation sites is 2. The van der Waals surface area contributed by atoms with Gasteiger partial charge in [0, 0.05) is 11.8 Å². The van der Waals surface area contributed by atoms with Crippen molar-refractivity contribution in [2.24, 2.45) is 5.10 Å². The number of nitro groups is 1. The third kappa shape index (κ3) is 4.42. The number of hydrazone groups is 1. The molecule has 0 unspecified atom stereocenters. The largest absolute Gasteiger partial charge is 0.294 e. The summed E-state index contributed by atoms with van der Waals surface area (Å²) >= 11 is 0. The fourth-order valence-corrected chi connectivity index (χ4v) is 1.91. The molecular formula is C16H17N3O2. The number of nitro benzene ring substituents is 1. The van der Waals surface area contributed by atoms with E-state index in [4.69, 9.17) is 0 Å². The van der Waals surface area contributed by atoms with Gasteiger partial charge in [0.15, 0.2) is 0 Å². The van der Waals surface area contributed by atoms with Crippen molar-refractivity contribution in [2.75, 3.05) is 5.43 Å². The van der Waals surface area contributed by atoms with Crippen molar-refractivity contribution in [1.29, 1.82) is 0 Å². The van der Waals surface area contributed by atoms with Gasteiger partial charge in [0.05, 0.1) is 4.92 Å². The first-order valence-corrected chi connectivity index (χ1v) is 6.73. The minimum Gasteiger partial charge on any atom is -0.272 e. The van der Waals surface area contributed by atoms with Crippen LogP contribution in [-0.4, -0.2) is 10.6 Å². The molecule has 1 N–H and O–H groups in total. The van der Waals surface area contributed by atoms with Crippen molar-refractivity contribution in [2.45, 2.75) is 19.8 Å². The average molecular weight is 283 g/mol. The standard InChI is InChI=1S/C16H17N3O2/c1-13(11-12-14-7-3-2-4-8-14)17-18-15-9-5-6-10-16(15)19(20)21/h2-10,18H,11-12H2,1H3/b17-13-. The van der Waals surface area contributed by atoms with E-state index >= 15 is 0 Å². The van der Waals surface area contributed by atoms with Crippen LogP contribution in [0.1, 0.15) is 18.9 Å². The predicted octanol–water partition coefficient (Wildman–Crippen LogP) is 4.02. The molecule has 0 aliphatic heterocycles. The molecule has 5 nitrogen and oxygen atoms in total. The van der Waals surface area contributed by atoms with Crippen molar-refractivity contribution in [3.63, 3.8) is 0 Å². The number of aryl methyl sites for hydroxylation is 1. The number of hydrogen-bond donors (Lipinski definition) is 1. The highest BCUT2D eigenvalue weighted by atomic mass is 16.6. The van der Waals surface area contributed by atoms with Crippen molar-refractivity contribution in [3.05, 3.63) is 70.3 Å². The van der Waals surface area contributed by atoms with E-state index in [1.807, 2.05) is 25.1 Å². The van der Waals surface area contributed by atoms with E-state index in [0.29, 0.717) is 5.69 Å². The summed E-state index contributed by atoms with van der Waals surface area (Å²) in [4.78, 5) is 10.5. The van der Waals surface area contributed by atoms with Gasteiger partial charge < -0.3 is 0 Å². The second-order valence-electron chi connectivity index (χ2n) is 4.72. The molecule has 0 aliphatic carbocycles. The van der Waals surface area contributed by atoms with Gasteiger partial charge in [-0.2, -0.15) is 5.10 Å². The third-order valence-corrected chi connectivity index (χ3v) is 3.09. The first-order valence-electron chi connectivity index (χ1n) is 6.73. The van der Waals surface area contributed by atoms with Gasteiger partial charge in [-0.15, -0.1) is 0 Å². The Morgan fingerprint density at radius 1 is 1.14 bits per heavy atom. The van der Waals surface area contributed by atoms with Crippen LogP contribution in [0.5, 0.6) is 0 Å². The minimum absolute atomic E-state index is 0.0251. The van der Waals surface area contributed by atoms with E-state index in [1.54, 1.807) is 18.2 Å². The zero-order chi connectivity index (χ0) is 15.1. The molecule has 0 saturated carbocycles. The second kappa shape index (κ2) is 7.19. The van der Waals surface area contributed by atoms with Gasteiger partial charge in [0.2, 0.25) is 0 Å². The van der Waals surface area contributed by atoms with Crippen LogP contribution < -0.4 is 5.43 Å². The summed E-state index contributed by atoms with van der Waals surface area (Å²) in [6.45, 7) is 1.91. The van der Waals surface area contributed by atoms with E-state index in [2.05, 4.69) is 22.7 Å². The monoisotopic (exact) mass is 283 g/mol. The van der Waals surface area contributed by atoms with Crippen LogP contribution in [0.2, 0.25) is 0 Å². The van der Waals surface area contributed by atoms with Crippen LogP contribution >= 0.6 is 0 Å². The normalized spacial score (nSPS) is 11.2. The maximum Gasteiger partial charge on any atom is 0.294 e. The lowest BCUT2D eigenvalue weighted by molar-refractivity contribution is -0.384. The molecule has 0 atom stereocenters. The molecule has 0 aromatic heterocycles. The number of hydrogen-bond acceptors (Lipinski definition) is 4. The van der Waals surface area contributed by atoms with Crippen LogP contribution in [0.3, 0.4) is 0 Å². The molecule has 0 heterocycles. The molecule has 2 aromatic rings. The van der Waals surface area contributed by atoms with Crippen LogP contribution in [0.25, 0.3) is 0 Å². The van der Waals surface area contributed by atoms with Crippen LogP contribution in [0.15, 0.2) is 59.7 Å². The van der Waals surface area contributed by atoms with Crippen LogP contribution in [-0.2, 0) is 6.42 Å². The van der Waals surface area contributed by atoms with Gasteiger partial charge in [-0.05, 0) is 31.4 Å². The lowest BCUT2D eigenvalue weighted by atomic mass is 10.1. The predicted molar refractivity (Wildman–Crippen MR) is 84.6 cm³/mol. The topological polar surface area (TPSA) is 67.5 Å². The summed E-state index contributed by atoms with van der Waals surface area (Å²) in [7, 11) is 0. The van der Waals surface area contributed by atoms with Gasteiger partial charge in [0.1, 0.15) is 5.69 Å². The SMILES string of the molecule is C/C(CCc1ccccc1)=N/Nc1ccccc1[N+](=O)[O-]. The Hall–Kier alpha value is -2.69. The molecule has 2 rings (SSSR count). The van der Waals surface area contributed by atoms with Gasteiger partial charge >= 0.3 is 0 Å². The quantitative estimate of drug-likeness (QED) is 0.494. The summed E-state index contributed by atoms with van der Waals surface area (Å²) < 4.78 is 0. The Morgan fingerprint density at radius 3 is 2.52 bits per heavy atom. The first kappa shape index (κ1) is 14.7. The molecule has 0 radical (unpaired) electrons. The van der Waals surface area contributed by atoms with Crippen molar-refractivity contribution in [3.8, 4) is 0 Å². The number of nitrogens with zero attached hydrogens (tertiary/aromatic N) is 2. The summed E-state index contributed by atoms with van der Waals surface area (Å²) in [6.07, 6.45) is 1.70. The highest BCUT2D eigenvalue weighted by Gasteiger charge is 2.11. The number of anilines is 1. The molecule has 0 aliphatic rings. The first-order chi connectivity index (χ1) is 10.2. The second-order valence-corrected chi connectivity index (χ2v) is 4.72. The van der Waals surface area contributed by atoms with Crippen molar-refractivity contribution >= 4 is 17.1 Å². The number of nitrogens with one attached hydrogen (secondary N) is 1. The van der Waals surface area contributed by atoms with Gasteiger partial charge in [-0.3, -0.25) is 15.5 Å². The molecule has 0 spiro atoms. The Bertz CT molecular complexity index is 639. The zero-order valence-electron chi connectivity index (χ0n) is 11.8. The van der Waals surface area contributed by atoms with Crippen molar-refractivity contribution < 1.29 is 4.92 Å². The maximum atomic E-state index is 10.9. The molecule has 108 valence electrons. The van der Waals surface area contributed by atoms with Gasteiger partial charge in [0.25, 0.3) is 5.69 Å². The average Bonchev–Trinajstić information content (AvgIpc) is 2.52. The Balaban J connectivity index is 1.96. The number of rotatable bonds is 6. The summed E-state index contributed by atoms with van der Waals surface area (Å²) in [5.74, 6) is 0. The Morgan fingerprint density at radius 2 is 1.81 bits per heavy atom. The molecule has 0 amide bonds. The molecule has 2 aromatic carbocycles. The summed E-state index contributed by atoms with van der Waals surface area (Å²) in [5, 5.41) is 15.1. The Labute approximate surface area is 123 Å². The third-order valence-electron chi connectivity index (χ3n) is 3.09. The van der Waals surface area contributed by atoms with Gasteiger partial charge in [-0.25, -0.2) is 0 Å². The van der Waals surface area contributed by atoms with E-state index < -0.39 is 4.92 Å². The smallest absolute Gasteiger partial charge is 0.272 e. The summed E-state index contributed by atoms with van der Waals surface area (Å²) in [6, 6.07) is 16.6. The molecular weight excluding hydrogens is 266 g/mol. The fraction of sp³-hybridized carbons (Fsp3) is 0.188. The highest BCUT2D eigenvalue weighted by Crippen LogP contribution is 2.23. The number of benzene rings is 2.